The third-order valence-corrected chi connectivity index (χ3v) is 4.74. The Labute approximate surface area is 166 Å². The van der Waals surface area contributed by atoms with Crippen molar-refractivity contribution >= 4 is 29.9 Å². The van der Waals surface area contributed by atoms with Gasteiger partial charge in [0.2, 0.25) is 0 Å². The minimum absolute atomic E-state index is 0. The van der Waals surface area contributed by atoms with Gasteiger partial charge in [0.25, 0.3) is 0 Å². The number of piperidine rings is 1. The molecule has 0 unspecified atom stereocenters. The van der Waals surface area contributed by atoms with E-state index in [9.17, 15) is 5.11 Å². The van der Waals surface area contributed by atoms with Gasteiger partial charge in [0, 0.05) is 32.2 Å². The van der Waals surface area contributed by atoms with Gasteiger partial charge in [-0.3, -0.25) is 4.99 Å². The molecule has 0 radical (unpaired) electrons. The van der Waals surface area contributed by atoms with Crippen LogP contribution < -0.4 is 10.6 Å². The first kappa shape index (κ1) is 23.9. The van der Waals surface area contributed by atoms with Gasteiger partial charge in [0.1, 0.15) is 0 Å². The first-order valence-corrected chi connectivity index (χ1v) is 9.42. The molecule has 3 N–H and O–H groups in total. The molecule has 0 aliphatic carbocycles. The molecule has 0 aromatic rings. The van der Waals surface area contributed by atoms with Crippen molar-refractivity contribution in [1.29, 1.82) is 0 Å². The molecule has 1 fully saturated rings. The molecule has 24 heavy (non-hydrogen) atoms. The Kier molecular flexibility index (Phi) is 12.3. The van der Waals surface area contributed by atoms with Gasteiger partial charge in [-0.05, 0) is 38.5 Å². The number of hydrogen-bond donors (Lipinski definition) is 3. The van der Waals surface area contributed by atoms with E-state index in [1.54, 1.807) is 0 Å². The molecule has 1 rings (SSSR count). The van der Waals surface area contributed by atoms with Crippen LogP contribution in [0.25, 0.3) is 0 Å². The second-order valence-electron chi connectivity index (χ2n) is 7.24. The summed E-state index contributed by atoms with van der Waals surface area (Å²) in [6.45, 7) is 15.5. The van der Waals surface area contributed by atoms with E-state index in [1.807, 2.05) is 13.8 Å². The smallest absolute Gasteiger partial charge is 0.191 e. The summed E-state index contributed by atoms with van der Waals surface area (Å²) in [5, 5.41) is 17.3. The van der Waals surface area contributed by atoms with E-state index in [-0.39, 0.29) is 24.0 Å². The molecule has 0 saturated carbocycles. The fourth-order valence-electron chi connectivity index (χ4n) is 2.99. The van der Waals surface area contributed by atoms with Crippen LogP contribution in [0.2, 0.25) is 0 Å². The second kappa shape index (κ2) is 12.3. The highest BCUT2D eigenvalue weighted by Crippen LogP contribution is 2.15. The summed E-state index contributed by atoms with van der Waals surface area (Å²) in [6, 6.07) is 0.479. The third-order valence-electron chi connectivity index (χ3n) is 4.74. The molecule has 0 aromatic heterocycles. The molecule has 1 aliphatic rings. The van der Waals surface area contributed by atoms with Crippen LogP contribution in [0, 0.1) is 5.92 Å². The van der Waals surface area contributed by atoms with Gasteiger partial charge in [0.15, 0.2) is 5.96 Å². The van der Waals surface area contributed by atoms with Crippen molar-refractivity contribution < 1.29 is 5.11 Å². The van der Waals surface area contributed by atoms with Gasteiger partial charge in [-0.15, -0.1) is 24.0 Å². The number of likely N-dealkylation sites (tertiary alicyclic amines) is 1. The SMILES string of the molecule is CCNC(=NCC(O)(CC)CC)NC1CCN(CC(C)C)CC1.I. The summed E-state index contributed by atoms with van der Waals surface area (Å²) in [5.74, 6) is 1.58. The van der Waals surface area contributed by atoms with E-state index < -0.39 is 5.60 Å². The van der Waals surface area contributed by atoms with Crippen molar-refractivity contribution in [2.24, 2.45) is 10.9 Å². The summed E-state index contributed by atoms with van der Waals surface area (Å²) in [7, 11) is 0. The first-order valence-electron chi connectivity index (χ1n) is 9.42. The summed E-state index contributed by atoms with van der Waals surface area (Å²) in [6.07, 6.45) is 3.78. The Hall–Kier alpha value is -0.0800. The van der Waals surface area contributed by atoms with Crippen molar-refractivity contribution in [3.8, 4) is 0 Å². The van der Waals surface area contributed by atoms with Crippen LogP contribution >= 0.6 is 24.0 Å². The highest BCUT2D eigenvalue weighted by Gasteiger charge is 2.23. The van der Waals surface area contributed by atoms with Crippen molar-refractivity contribution in [3.05, 3.63) is 0 Å². The maximum absolute atomic E-state index is 10.4. The van der Waals surface area contributed by atoms with E-state index in [0.29, 0.717) is 12.6 Å². The standard InChI is InChI=1S/C18H38N4O.HI/c1-6-18(23,7-2)14-20-17(19-8-3)21-16-9-11-22(12-10-16)13-15(4)5;/h15-16,23H,6-14H2,1-5H3,(H2,19,20,21);1H. The number of guanidine groups is 1. The molecule has 1 heterocycles. The van der Waals surface area contributed by atoms with Crippen LogP contribution in [-0.2, 0) is 0 Å². The number of halogens is 1. The minimum Gasteiger partial charge on any atom is -0.388 e. The molecule has 0 spiro atoms. The zero-order valence-electron chi connectivity index (χ0n) is 16.3. The summed E-state index contributed by atoms with van der Waals surface area (Å²) in [4.78, 5) is 7.17. The number of aliphatic imine (C=N–C) groups is 1. The molecule has 1 saturated heterocycles. The molecule has 0 bridgehead atoms. The molecule has 0 atom stereocenters. The molecule has 0 aromatic carbocycles. The minimum atomic E-state index is -0.678. The lowest BCUT2D eigenvalue weighted by Crippen LogP contribution is -2.49. The highest BCUT2D eigenvalue weighted by atomic mass is 127. The Morgan fingerprint density at radius 2 is 1.79 bits per heavy atom. The van der Waals surface area contributed by atoms with Crippen LogP contribution in [0.5, 0.6) is 0 Å². The average molecular weight is 454 g/mol. The maximum Gasteiger partial charge on any atom is 0.191 e. The topological polar surface area (TPSA) is 59.9 Å². The van der Waals surface area contributed by atoms with Gasteiger partial charge in [-0.25, -0.2) is 0 Å². The summed E-state index contributed by atoms with van der Waals surface area (Å²) in [5.41, 5.74) is -0.678. The van der Waals surface area contributed by atoms with Crippen molar-refractivity contribution in [3.63, 3.8) is 0 Å². The van der Waals surface area contributed by atoms with E-state index >= 15 is 0 Å². The van der Waals surface area contributed by atoms with E-state index in [4.69, 9.17) is 0 Å². The molecule has 6 heteroatoms. The van der Waals surface area contributed by atoms with Gasteiger partial charge >= 0.3 is 0 Å². The van der Waals surface area contributed by atoms with Crippen molar-refractivity contribution in [2.45, 2.75) is 71.9 Å². The fraction of sp³-hybridized carbons (Fsp3) is 0.944. The van der Waals surface area contributed by atoms with Gasteiger partial charge in [-0.1, -0.05) is 27.7 Å². The number of hydrogen-bond acceptors (Lipinski definition) is 3. The van der Waals surface area contributed by atoms with Crippen LogP contribution in [0.1, 0.15) is 60.3 Å². The molecular formula is C18H39IN4O. The second-order valence-corrected chi connectivity index (χ2v) is 7.24. The zero-order chi connectivity index (χ0) is 17.3. The highest BCUT2D eigenvalue weighted by molar-refractivity contribution is 14.0. The van der Waals surface area contributed by atoms with Crippen LogP contribution in [0.15, 0.2) is 4.99 Å². The van der Waals surface area contributed by atoms with Crippen LogP contribution in [0.3, 0.4) is 0 Å². The lowest BCUT2D eigenvalue weighted by Gasteiger charge is -2.34. The number of aliphatic hydroxyl groups is 1. The Bertz CT molecular complexity index is 351. The van der Waals surface area contributed by atoms with Gasteiger partial charge in [0.05, 0.1) is 12.1 Å². The van der Waals surface area contributed by atoms with Gasteiger partial charge in [-0.2, -0.15) is 0 Å². The summed E-state index contributed by atoms with van der Waals surface area (Å²) >= 11 is 0. The van der Waals surface area contributed by atoms with Crippen molar-refractivity contribution in [1.82, 2.24) is 15.5 Å². The fourth-order valence-corrected chi connectivity index (χ4v) is 2.99. The van der Waals surface area contributed by atoms with E-state index in [0.717, 1.165) is 57.2 Å². The van der Waals surface area contributed by atoms with Crippen LogP contribution in [-0.4, -0.2) is 60.3 Å². The Morgan fingerprint density at radius 3 is 2.25 bits per heavy atom. The quantitative estimate of drug-likeness (QED) is 0.300. The lowest BCUT2D eigenvalue weighted by molar-refractivity contribution is 0.0417. The summed E-state index contributed by atoms with van der Waals surface area (Å²) < 4.78 is 0. The molecule has 5 nitrogen and oxygen atoms in total. The van der Waals surface area contributed by atoms with Crippen LogP contribution in [0.4, 0.5) is 0 Å². The molecule has 144 valence electrons. The van der Waals surface area contributed by atoms with Crippen molar-refractivity contribution in [2.75, 3.05) is 32.7 Å². The first-order chi connectivity index (χ1) is 10.9. The van der Waals surface area contributed by atoms with E-state index in [1.165, 1.54) is 6.54 Å². The predicted molar refractivity (Wildman–Crippen MR) is 114 cm³/mol. The predicted octanol–water partition coefficient (Wildman–Crippen LogP) is 2.83. The Balaban J connectivity index is 0.00000529. The number of nitrogens with zero attached hydrogens (tertiary/aromatic N) is 2. The number of rotatable bonds is 8. The largest absolute Gasteiger partial charge is 0.388 e. The monoisotopic (exact) mass is 454 g/mol. The van der Waals surface area contributed by atoms with E-state index in [2.05, 4.69) is 41.3 Å². The molecular weight excluding hydrogens is 415 g/mol. The third kappa shape index (κ3) is 8.85. The normalized spacial score (nSPS) is 17.7. The van der Waals surface area contributed by atoms with Gasteiger partial charge < -0.3 is 20.6 Å². The zero-order valence-corrected chi connectivity index (χ0v) is 18.6. The average Bonchev–Trinajstić information content (AvgIpc) is 2.54. The lowest BCUT2D eigenvalue weighted by atomic mass is 9.98. The number of nitrogens with one attached hydrogen (secondary N) is 2. The molecule has 1 aliphatic heterocycles. The Morgan fingerprint density at radius 1 is 1.21 bits per heavy atom. The molecule has 0 amide bonds. The maximum atomic E-state index is 10.4.